The molecule has 0 atom stereocenters. The molecular formula is C8H8BrF2NO. The third kappa shape index (κ3) is 2.37. The van der Waals surface area contributed by atoms with Gasteiger partial charge in [0.25, 0.3) is 6.43 Å². The number of methoxy groups -OCH3 is 1. The largest absolute Gasteiger partial charge is 0.495 e. The van der Waals surface area contributed by atoms with Crippen molar-refractivity contribution in [3.8, 4) is 5.75 Å². The first kappa shape index (κ1) is 10.4. The first-order chi connectivity index (χ1) is 6.19. The molecule has 1 aromatic rings. The van der Waals surface area contributed by atoms with Crippen molar-refractivity contribution in [3.05, 3.63) is 23.5 Å². The van der Waals surface area contributed by atoms with Gasteiger partial charge in [-0.1, -0.05) is 15.9 Å². The van der Waals surface area contributed by atoms with Crippen LogP contribution < -0.4 is 4.74 Å². The van der Waals surface area contributed by atoms with Crippen molar-refractivity contribution in [3.63, 3.8) is 0 Å². The summed E-state index contributed by atoms with van der Waals surface area (Å²) in [6.07, 6.45) is -1.23. The lowest BCUT2D eigenvalue weighted by atomic mass is 10.2. The first-order valence-electron chi connectivity index (χ1n) is 3.56. The van der Waals surface area contributed by atoms with Gasteiger partial charge in [-0.25, -0.2) is 8.78 Å². The van der Waals surface area contributed by atoms with Gasteiger partial charge in [-0.2, -0.15) is 0 Å². The summed E-state index contributed by atoms with van der Waals surface area (Å²) in [5, 5.41) is 0.455. The maximum atomic E-state index is 12.4. The third-order valence-electron chi connectivity index (χ3n) is 1.55. The number of aromatic nitrogens is 1. The lowest BCUT2D eigenvalue weighted by Gasteiger charge is -2.07. The highest BCUT2D eigenvalue weighted by Crippen LogP contribution is 2.28. The molecule has 1 heterocycles. The highest BCUT2D eigenvalue weighted by Gasteiger charge is 2.14. The van der Waals surface area contributed by atoms with Crippen LogP contribution >= 0.6 is 15.9 Å². The number of ether oxygens (including phenoxy) is 1. The molecule has 0 spiro atoms. The predicted octanol–water partition coefficient (Wildman–Crippen LogP) is 2.92. The molecule has 0 radical (unpaired) electrons. The summed E-state index contributed by atoms with van der Waals surface area (Å²) in [4.78, 5) is 3.91. The van der Waals surface area contributed by atoms with Crippen LogP contribution in [0.25, 0.3) is 0 Å². The Hall–Kier alpha value is -0.710. The van der Waals surface area contributed by atoms with Gasteiger partial charge in [-0.05, 0) is 6.07 Å². The Bertz CT molecular complexity index is 293. The zero-order valence-electron chi connectivity index (χ0n) is 6.93. The smallest absolute Gasteiger partial charge is 0.267 e. The summed E-state index contributed by atoms with van der Waals surface area (Å²) in [7, 11) is 1.34. The lowest BCUT2D eigenvalue weighted by molar-refractivity contribution is 0.147. The van der Waals surface area contributed by atoms with Gasteiger partial charge in [0.05, 0.1) is 24.6 Å². The van der Waals surface area contributed by atoms with E-state index in [9.17, 15) is 8.78 Å². The van der Waals surface area contributed by atoms with Crippen molar-refractivity contribution < 1.29 is 13.5 Å². The van der Waals surface area contributed by atoms with E-state index in [4.69, 9.17) is 4.74 Å². The second kappa shape index (κ2) is 4.50. The van der Waals surface area contributed by atoms with E-state index in [2.05, 4.69) is 20.9 Å². The van der Waals surface area contributed by atoms with Crippen LogP contribution in [-0.4, -0.2) is 12.1 Å². The van der Waals surface area contributed by atoms with E-state index >= 15 is 0 Å². The highest BCUT2D eigenvalue weighted by atomic mass is 79.9. The van der Waals surface area contributed by atoms with Gasteiger partial charge in [-0.3, -0.25) is 4.98 Å². The molecule has 0 aliphatic carbocycles. The highest BCUT2D eigenvalue weighted by molar-refractivity contribution is 9.08. The van der Waals surface area contributed by atoms with Crippen LogP contribution in [0.4, 0.5) is 8.78 Å². The molecule has 1 rings (SSSR count). The summed E-state index contributed by atoms with van der Waals surface area (Å²) in [6.45, 7) is 0. The van der Waals surface area contributed by atoms with E-state index in [0.29, 0.717) is 11.0 Å². The number of hydrogen-bond acceptors (Lipinski definition) is 2. The molecule has 0 amide bonds. The Balaban J connectivity index is 3.10. The van der Waals surface area contributed by atoms with E-state index in [1.807, 2.05) is 0 Å². The minimum Gasteiger partial charge on any atom is -0.495 e. The van der Waals surface area contributed by atoms with Crippen molar-refractivity contribution in [2.75, 3.05) is 7.11 Å². The van der Waals surface area contributed by atoms with Crippen LogP contribution in [0.1, 0.15) is 17.7 Å². The zero-order chi connectivity index (χ0) is 9.84. The minimum absolute atomic E-state index is 0.119. The molecule has 0 aliphatic rings. The van der Waals surface area contributed by atoms with Crippen molar-refractivity contribution >= 4 is 15.9 Å². The molecule has 0 saturated heterocycles. The summed E-state index contributed by atoms with van der Waals surface area (Å²) >= 11 is 3.14. The Kier molecular flexibility index (Phi) is 3.59. The normalized spacial score (nSPS) is 10.5. The number of alkyl halides is 3. The van der Waals surface area contributed by atoms with E-state index in [1.54, 1.807) is 0 Å². The number of hydrogen-bond donors (Lipinski definition) is 0. The quantitative estimate of drug-likeness (QED) is 0.771. The molecule has 0 saturated carbocycles. The van der Waals surface area contributed by atoms with Crippen molar-refractivity contribution in [2.45, 2.75) is 11.8 Å². The molecule has 0 bridgehead atoms. The summed E-state index contributed by atoms with van der Waals surface area (Å²) in [5.41, 5.74) is 0.447. The van der Waals surface area contributed by atoms with Crippen LogP contribution in [0.2, 0.25) is 0 Å². The Morgan fingerprint density at radius 1 is 1.62 bits per heavy atom. The average Bonchev–Trinajstić information content (AvgIpc) is 2.16. The molecule has 0 aliphatic heterocycles. The SMILES string of the molecule is COc1cnc(CBr)cc1C(F)F. The maximum absolute atomic E-state index is 12.4. The first-order valence-corrected chi connectivity index (χ1v) is 4.68. The van der Waals surface area contributed by atoms with Gasteiger partial charge in [-0.15, -0.1) is 0 Å². The summed E-state index contributed by atoms with van der Waals surface area (Å²) < 4.78 is 29.6. The Labute approximate surface area is 83.1 Å². The molecule has 2 nitrogen and oxygen atoms in total. The van der Waals surface area contributed by atoms with Crippen molar-refractivity contribution in [1.82, 2.24) is 4.98 Å². The molecule has 0 aromatic carbocycles. The molecule has 0 unspecified atom stereocenters. The standard InChI is InChI=1S/C8H8BrF2NO/c1-13-7-4-12-5(3-9)2-6(7)8(10)11/h2,4,8H,3H2,1H3. The fraction of sp³-hybridized carbons (Fsp3) is 0.375. The fourth-order valence-corrected chi connectivity index (χ4v) is 1.22. The maximum Gasteiger partial charge on any atom is 0.267 e. The van der Waals surface area contributed by atoms with Crippen LogP contribution in [-0.2, 0) is 5.33 Å². The van der Waals surface area contributed by atoms with Gasteiger partial charge < -0.3 is 4.74 Å². The summed E-state index contributed by atoms with van der Waals surface area (Å²) in [6, 6.07) is 1.33. The van der Waals surface area contributed by atoms with Gasteiger partial charge in [0, 0.05) is 5.33 Å². The van der Waals surface area contributed by atoms with Crippen molar-refractivity contribution in [1.29, 1.82) is 0 Å². The predicted molar refractivity (Wildman–Crippen MR) is 48.4 cm³/mol. The van der Waals surface area contributed by atoms with Gasteiger partial charge >= 0.3 is 0 Å². The second-order valence-corrected chi connectivity index (χ2v) is 2.91. The van der Waals surface area contributed by atoms with Crippen LogP contribution in [0, 0.1) is 0 Å². The van der Waals surface area contributed by atoms with E-state index in [1.165, 1.54) is 19.4 Å². The van der Waals surface area contributed by atoms with Crippen LogP contribution in [0.5, 0.6) is 5.75 Å². The molecule has 0 fully saturated rings. The molecule has 0 N–H and O–H groups in total. The molecule has 72 valence electrons. The average molecular weight is 252 g/mol. The summed E-state index contributed by atoms with van der Waals surface area (Å²) in [5.74, 6) is 0.125. The monoisotopic (exact) mass is 251 g/mol. The third-order valence-corrected chi connectivity index (χ3v) is 2.12. The van der Waals surface area contributed by atoms with E-state index in [-0.39, 0.29) is 11.3 Å². The number of nitrogens with zero attached hydrogens (tertiary/aromatic N) is 1. The molecular weight excluding hydrogens is 244 g/mol. The van der Waals surface area contributed by atoms with Gasteiger partial charge in [0.15, 0.2) is 0 Å². The van der Waals surface area contributed by atoms with Crippen LogP contribution in [0.15, 0.2) is 12.3 Å². The molecule has 5 heteroatoms. The Morgan fingerprint density at radius 2 is 2.31 bits per heavy atom. The number of pyridine rings is 1. The lowest BCUT2D eigenvalue weighted by Crippen LogP contribution is -1.96. The molecule has 13 heavy (non-hydrogen) atoms. The Morgan fingerprint density at radius 3 is 2.77 bits per heavy atom. The van der Waals surface area contributed by atoms with Crippen LogP contribution in [0.3, 0.4) is 0 Å². The second-order valence-electron chi connectivity index (χ2n) is 2.35. The number of rotatable bonds is 3. The molecule has 1 aromatic heterocycles. The fourth-order valence-electron chi connectivity index (χ4n) is 0.918. The topological polar surface area (TPSA) is 22.1 Å². The van der Waals surface area contributed by atoms with E-state index in [0.717, 1.165) is 0 Å². The van der Waals surface area contributed by atoms with Gasteiger partial charge in [0.2, 0.25) is 0 Å². The van der Waals surface area contributed by atoms with E-state index < -0.39 is 6.43 Å². The zero-order valence-corrected chi connectivity index (χ0v) is 8.51. The minimum atomic E-state index is -2.53. The van der Waals surface area contributed by atoms with Gasteiger partial charge in [0.1, 0.15) is 5.75 Å². The number of halogens is 3. The van der Waals surface area contributed by atoms with Crippen molar-refractivity contribution in [2.24, 2.45) is 0 Å².